The highest BCUT2D eigenvalue weighted by Crippen LogP contribution is 2.27. The molecule has 2 N–H and O–H groups in total. The Morgan fingerprint density at radius 2 is 2.15 bits per heavy atom. The topological polar surface area (TPSA) is 60.0 Å². The molecule has 1 aliphatic heterocycles. The van der Waals surface area contributed by atoms with Crippen molar-refractivity contribution in [2.45, 2.75) is 18.9 Å². The van der Waals surface area contributed by atoms with Gasteiger partial charge in [0.2, 0.25) is 5.91 Å². The Morgan fingerprint density at radius 1 is 1.38 bits per heavy atom. The Balaban J connectivity index is 1.99. The van der Waals surface area contributed by atoms with E-state index in [-0.39, 0.29) is 12.5 Å². The smallest absolute Gasteiger partial charge is 0.243 e. The first-order chi connectivity index (χ1) is 12.6. The summed E-state index contributed by atoms with van der Waals surface area (Å²) in [5.41, 5.74) is 0. The van der Waals surface area contributed by atoms with Crippen LogP contribution in [0.1, 0.15) is 23.8 Å². The van der Waals surface area contributed by atoms with Crippen LogP contribution in [0, 0.1) is 0 Å². The number of carbonyl (C=O) groups is 1. The van der Waals surface area contributed by atoms with E-state index in [1.54, 1.807) is 30.8 Å². The number of thioether (sulfide) groups is 1. The highest BCUT2D eigenvalue weighted by Gasteiger charge is 2.24. The quantitative estimate of drug-likeness (QED) is 0.378. The molecule has 1 saturated heterocycles. The molecule has 1 aliphatic rings. The average Bonchev–Trinajstić information content (AvgIpc) is 3.33. The zero-order valence-electron chi connectivity index (χ0n) is 16.0. The molecule has 146 valence electrons. The van der Waals surface area contributed by atoms with Crippen molar-refractivity contribution in [1.29, 1.82) is 0 Å². The number of rotatable bonds is 9. The second-order valence-electron chi connectivity index (χ2n) is 6.53. The Bertz CT molecular complexity index is 556. The number of hydrogen-bond donors (Lipinski definition) is 2. The van der Waals surface area contributed by atoms with E-state index in [1.807, 2.05) is 11.3 Å². The predicted octanol–water partition coefficient (Wildman–Crippen LogP) is 1.87. The number of hydrogen-bond acceptors (Lipinski definition) is 5. The van der Waals surface area contributed by atoms with Crippen molar-refractivity contribution in [3.63, 3.8) is 0 Å². The van der Waals surface area contributed by atoms with Crippen molar-refractivity contribution in [1.82, 2.24) is 20.4 Å². The summed E-state index contributed by atoms with van der Waals surface area (Å²) in [7, 11) is 3.51. The lowest BCUT2D eigenvalue weighted by molar-refractivity contribution is -0.127. The summed E-state index contributed by atoms with van der Waals surface area (Å²) in [5.74, 6) is 1.73. The first-order valence-electron chi connectivity index (χ1n) is 9.10. The zero-order chi connectivity index (χ0) is 18.8. The van der Waals surface area contributed by atoms with Gasteiger partial charge in [0.15, 0.2) is 5.96 Å². The van der Waals surface area contributed by atoms with Gasteiger partial charge in [0.25, 0.3) is 0 Å². The third kappa shape index (κ3) is 6.81. The average molecular weight is 398 g/mol. The molecular weight excluding hydrogens is 366 g/mol. The van der Waals surface area contributed by atoms with Crippen LogP contribution in [0.15, 0.2) is 22.5 Å². The van der Waals surface area contributed by atoms with Crippen molar-refractivity contribution in [3.05, 3.63) is 22.4 Å². The van der Waals surface area contributed by atoms with Crippen LogP contribution in [-0.4, -0.2) is 80.5 Å². The molecule has 0 aromatic carbocycles. The van der Waals surface area contributed by atoms with Crippen molar-refractivity contribution in [3.8, 4) is 0 Å². The van der Waals surface area contributed by atoms with E-state index in [1.165, 1.54) is 17.7 Å². The normalized spacial score (nSPS) is 16.5. The van der Waals surface area contributed by atoms with Crippen molar-refractivity contribution < 1.29 is 4.79 Å². The van der Waals surface area contributed by atoms with E-state index in [4.69, 9.17) is 0 Å². The molecule has 1 aromatic rings. The molecule has 26 heavy (non-hydrogen) atoms. The molecule has 0 saturated carbocycles. The van der Waals surface area contributed by atoms with Gasteiger partial charge in [0, 0.05) is 37.8 Å². The Labute approximate surface area is 165 Å². The molecule has 1 amide bonds. The van der Waals surface area contributed by atoms with Crippen molar-refractivity contribution in [2.24, 2.45) is 4.99 Å². The third-order valence-electron chi connectivity index (χ3n) is 4.39. The molecule has 0 radical (unpaired) electrons. The molecule has 0 aliphatic carbocycles. The molecule has 0 spiro atoms. The summed E-state index contributed by atoms with van der Waals surface area (Å²) in [4.78, 5) is 21.8. The Hall–Kier alpha value is -1.25. The number of nitrogens with zero attached hydrogens (tertiary/aromatic N) is 3. The fourth-order valence-electron chi connectivity index (χ4n) is 2.87. The minimum Gasteiger partial charge on any atom is -0.356 e. The molecular formula is C18H31N5OS2. The minimum atomic E-state index is 0.00492. The highest BCUT2D eigenvalue weighted by atomic mass is 32.2. The molecule has 2 heterocycles. The summed E-state index contributed by atoms with van der Waals surface area (Å²) < 4.78 is 0. The number of thiophene rings is 1. The maximum Gasteiger partial charge on any atom is 0.243 e. The lowest BCUT2D eigenvalue weighted by Crippen LogP contribution is -2.43. The first-order valence-corrected chi connectivity index (χ1v) is 11.4. The lowest BCUT2D eigenvalue weighted by atomic mass is 10.2. The number of likely N-dealkylation sites (N-methyl/N-ethyl adjacent to an activating group) is 1. The number of likely N-dealkylation sites (tertiary alicyclic amines) is 1. The molecule has 1 fully saturated rings. The van der Waals surface area contributed by atoms with E-state index in [0.717, 1.165) is 37.9 Å². The van der Waals surface area contributed by atoms with Crippen molar-refractivity contribution >= 4 is 35.0 Å². The van der Waals surface area contributed by atoms with Gasteiger partial charge in [-0.1, -0.05) is 6.07 Å². The largest absolute Gasteiger partial charge is 0.356 e. The van der Waals surface area contributed by atoms with Crippen LogP contribution in [-0.2, 0) is 4.79 Å². The lowest BCUT2D eigenvalue weighted by Gasteiger charge is -2.27. The summed E-state index contributed by atoms with van der Waals surface area (Å²) in [6.07, 6.45) is 4.62. The molecule has 6 nitrogen and oxygen atoms in total. The second kappa shape index (κ2) is 11.5. The van der Waals surface area contributed by atoms with Crippen LogP contribution >= 0.6 is 23.1 Å². The summed E-state index contributed by atoms with van der Waals surface area (Å²) >= 11 is 3.60. The van der Waals surface area contributed by atoms with Crippen LogP contribution in [0.3, 0.4) is 0 Å². The van der Waals surface area contributed by atoms with Crippen LogP contribution in [0.4, 0.5) is 0 Å². The van der Waals surface area contributed by atoms with Crippen LogP contribution in [0.2, 0.25) is 0 Å². The molecule has 1 atom stereocenters. The molecule has 8 heteroatoms. The van der Waals surface area contributed by atoms with Gasteiger partial charge in [-0.25, -0.2) is 4.99 Å². The molecule has 1 aromatic heterocycles. The first kappa shape index (κ1) is 21.1. The summed E-state index contributed by atoms with van der Waals surface area (Å²) in [6, 6.07) is 4.68. The SMILES string of the molecule is CSCCNC(=NCC(=O)N(C)C)NCC(c1cccs1)N1CCCC1. The third-order valence-corrected chi connectivity index (χ3v) is 5.97. The summed E-state index contributed by atoms with van der Waals surface area (Å²) in [6.45, 7) is 4.08. The van der Waals surface area contributed by atoms with Gasteiger partial charge in [0.1, 0.15) is 6.54 Å². The highest BCUT2D eigenvalue weighted by molar-refractivity contribution is 7.98. The number of aliphatic imine (C=N–C) groups is 1. The Morgan fingerprint density at radius 3 is 2.77 bits per heavy atom. The van der Waals surface area contributed by atoms with Gasteiger partial charge in [-0.15, -0.1) is 11.3 Å². The van der Waals surface area contributed by atoms with Gasteiger partial charge >= 0.3 is 0 Å². The van der Waals surface area contributed by atoms with Gasteiger partial charge in [-0.05, 0) is 43.6 Å². The molecule has 0 bridgehead atoms. The van der Waals surface area contributed by atoms with Gasteiger partial charge in [-0.3, -0.25) is 9.69 Å². The van der Waals surface area contributed by atoms with E-state index >= 15 is 0 Å². The van der Waals surface area contributed by atoms with Gasteiger partial charge in [-0.2, -0.15) is 11.8 Å². The standard InChI is InChI=1S/C18H31N5OS2/c1-22(2)17(24)14-21-18(19-8-12-25-3)20-13-15(16-7-6-11-26-16)23-9-4-5-10-23/h6-7,11,15H,4-5,8-10,12-14H2,1-3H3,(H2,19,20,21). The van der Waals surface area contributed by atoms with Crippen LogP contribution in [0.25, 0.3) is 0 Å². The summed E-state index contributed by atoms with van der Waals surface area (Å²) in [5, 5.41) is 8.94. The van der Waals surface area contributed by atoms with E-state index in [0.29, 0.717) is 6.04 Å². The zero-order valence-corrected chi connectivity index (χ0v) is 17.7. The molecule has 2 rings (SSSR count). The fourth-order valence-corrected chi connectivity index (χ4v) is 4.04. The second-order valence-corrected chi connectivity index (χ2v) is 8.49. The minimum absolute atomic E-state index is 0.00492. The monoisotopic (exact) mass is 397 g/mol. The van der Waals surface area contributed by atoms with Crippen LogP contribution in [0.5, 0.6) is 0 Å². The van der Waals surface area contributed by atoms with E-state index in [2.05, 4.69) is 44.3 Å². The Kier molecular flexibility index (Phi) is 9.28. The van der Waals surface area contributed by atoms with Crippen LogP contribution < -0.4 is 10.6 Å². The number of guanidine groups is 1. The fraction of sp³-hybridized carbons (Fsp3) is 0.667. The van der Waals surface area contributed by atoms with E-state index < -0.39 is 0 Å². The molecule has 1 unspecified atom stereocenters. The number of nitrogens with one attached hydrogen (secondary N) is 2. The van der Waals surface area contributed by atoms with Crippen molar-refractivity contribution in [2.75, 3.05) is 58.8 Å². The van der Waals surface area contributed by atoms with Gasteiger partial charge < -0.3 is 15.5 Å². The van der Waals surface area contributed by atoms with E-state index in [9.17, 15) is 4.79 Å². The predicted molar refractivity (Wildman–Crippen MR) is 113 cm³/mol. The maximum atomic E-state index is 11.9. The maximum absolute atomic E-state index is 11.9. The van der Waals surface area contributed by atoms with Gasteiger partial charge in [0.05, 0.1) is 6.04 Å². The number of amides is 1. The number of carbonyl (C=O) groups excluding carboxylic acids is 1.